The number of nitrogens with one attached hydrogen (secondary N) is 2. The second kappa shape index (κ2) is 11.4. The van der Waals surface area contributed by atoms with Crippen molar-refractivity contribution in [2.24, 2.45) is 17.8 Å². The molecule has 0 saturated heterocycles. The van der Waals surface area contributed by atoms with Crippen LogP contribution in [-0.4, -0.2) is 47.3 Å². The Kier molecular flexibility index (Phi) is 8.45. The van der Waals surface area contributed by atoms with E-state index in [-0.39, 0.29) is 42.5 Å². The number of hydrogen-bond acceptors (Lipinski definition) is 5. The number of carbonyl (C=O) groups excluding carboxylic acids is 2. The minimum Gasteiger partial charge on any atom is -0.475 e. The summed E-state index contributed by atoms with van der Waals surface area (Å²) >= 11 is 3.17. The number of aliphatic hydroxyl groups is 1. The summed E-state index contributed by atoms with van der Waals surface area (Å²) in [6, 6.07) is 1.97. The quantitative estimate of drug-likeness (QED) is 0.284. The third-order valence-electron chi connectivity index (χ3n) is 6.76. The number of anilines is 1. The summed E-state index contributed by atoms with van der Waals surface area (Å²) in [4.78, 5) is 30.6. The first-order valence-corrected chi connectivity index (χ1v) is 12.7. The Morgan fingerprint density at radius 2 is 1.82 bits per heavy atom. The van der Waals surface area contributed by atoms with Crippen LogP contribution in [0.1, 0.15) is 28.8 Å². The number of nitrogens with zero attached hydrogens (tertiary/aromatic N) is 1. The predicted octanol–water partition coefficient (Wildman–Crippen LogP) is 5.25. The van der Waals surface area contributed by atoms with Gasteiger partial charge in [0.25, 0.3) is 5.91 Å². The van der Waals surface area contributed by atoms with Gasteiger partial charge in [-0.3, -0.25) is 9.59 Å². The summed E-state index contributed by atoms with van der Waals surface area (Å²) < 4.78 is 98.9. The van der Waals surface area contributed by atoms with E-state index in [9.17, 15) is 40.3 Å². The summed E-state index contributed by atoms with van der Waals surface area (Å²) in [6.45, 7) is -0.595. The fraction of sp³-hybridized carbons (Fsp3) is 0.400. The molecule has 0 radical (unpaired) electrons. The monoisotopic (exact) mass is 639 g/mol. The maximum absolute atomic E-state index is 13.7. The van der Waals surface area contributed by atoms with Crippen LogP contribution in [0.5, 0.6) is 5.88 Å². The summed E-state index contributed by atoms with van der Waals surface area (Å²) in [7, 11) is 0. The molecule has 40 heavy (non-hydrogen) atoms. The first-order valence-electron chi connectivity index (χ1n) is 11.9. The molecular formula is C25H21BrF7N3O4. The van der Waals surface area contributed by atoms with Crippen molar-refractivity contribution < 1.29 is 50.2 Å². The number of rotatable bonds is 7. The molecule has 2 fully saturated rings. The van der Waals surface area contributed by atoms with E-state index in [0.29, 0.717) is 16.6 Å². The number of halogens is 8. The van der Waals surface area contributed by atoms with Crippen LogP contribution in [0.2, 0.25) is 0 Å². The fourth-order valence-electron chi connectivity index (χ4n) is 5.30. The second-order valence-electron chi connectivity index (χ2n) is 9.26. The zero-order chi connectivity index (χ0) is 29.4. The van der Waals surface area contributed by atoms with E-state index in [4.69, 9.17) is 9.84 Å². The molecular weight excluding hydrogens is 619 g/mol. The lowest BCUT2D eigenvalue weighted by atomic mass is 9.83. The number of aromatic nitrogens is 1. The van der Waals surface area contributed by atoms with Gasteiger partial charge in [0.2, 0.25) is 11.8 Å². The molecule has 4 atom stereocenters. The molecule has 2 aliphatic carbocycles. The molecule has 7 nitrogen and oxygen atoms in total. The largest absolute Gasteiger partial charge is 0.475 e. The maximum atomic E-state index is 13.7. The number of hydrogen-bond donors (Lipinski definition) is 3. The number of ether oxygens (including phenoxy) is 1. The van der Waals surface area contributed by atoms with Crippen LogP contribution in [0.3, 0.4) is 0 Å². The molecule has 1 heterocycles. The Bertz CT molecular complexity index is 1330. The highest BCUT2D eigenvalue weighted by Crippen LogP contribution is 2.54. The molecule has 1 aromatic heterocycles. The van der Waals surface area contributed by atoms with Gasteiger partial charge in [-0.1, -0.05) is 5.57 Å². The van der Waals surface area contributed by atoms with Crippen LogP contribution >= 0.6 is 15.9 Å². The van der Waals surface area contributed by atoms with E-state index in [1.54, 1.807) is 0 Å². The highest BCUT2D eigenvalue weighted by atomic mass is 79.9. The Morgan fingerprint density at radius 3 is 2.48 bits per heavy atom. The molecule has 2 unspecified atom stereocenters. The Balaban J connectivity index is 1.67. The molecule has 15 heteroatoms. The molecule has 0 aliphatic heterocycles. The van der Waals surface area contributed by atoms with E-state index in [0.717, 1.165) is 6.07 Å². The van der Waals surface area contributed by atoms with Gasteiger partial charge in [0, 0.05) is 34.4 Å². The Labute approximate surface area is 230 Å². The lowest BCUT2D eigenvalue weighted by Crippen LogP contribution is -2.48. The van der Waals surface area contributed by atoms with Crippen molar-refractivity contribution in [3.05, 3.63) is 63.5 Å². The van der Waals surface area contributed by atoms with Crippen molar-refractivity contribution in [2.75, 3.05) is 18.5 Å². The van der Waals surface area contributed by atoms with Crippen molar-refractivity contribution in [3.8, 4) is 5.88 Å². The van der Waals surface area contributed by atoms with E-state index in [2.05, 4.69) is 31.5 Å². The van der Waals surface area contributed by atoms with Crippen molar-refractivity contribution >= 4 is 33.4 Å². The van der Waals surface area contributed by atoms with Crippen LogP contribution in [0, 0.1) is 23.6 Å². The Morgan fingerprint density at radius 1 is 1.12 bits per heavy atom. The van der Waals surface area contributed by atoms with Crippen LogP contribution in [-0.2, 0) is 11.0 Å². The summed E-state index contributed by atoms with van der Waals surface area (Å²) in [6.07, 6.45) is -7.95. The highest BCUT2D eigenvalue weighted by molar-refractivity contribution is 9.10. The summed E-state index contributed by atoms with van der Waals surface area (Å²) in [5, 5.41) is 13.9. The van der Waals surface area contributed by atoms with Crippen LogP contribution in [0.25, 0.3) is 0 Å². The maximum Gasteiger partial charge on any atom is 0.419 e. The van der Waals surface area contributed by atoms with Gasteiger partial charge in [-0.25, -0.2) is 9.37 Å². The number of fused-ring (bicyclic) bond motifs is 2. The van der Waals surface area contributed by atoms with Gasteiger partial charge in [0.15, 0.2) is 0 Å². The molecule has 3 N–H and O–H groups in total. The smallest absolute Gasteiger partial charge is 0.419 e. The first kappa shape index (κ1) is 29.8. The summed E-state index contributed by atoms with van der Waals surface area (Å²) in [5.74, 6) is -6.61. The lowest BCUT2D eigenvalue weighted by molar-refractivity contribution is -0.140. The highest BCUT2D eigenvalue weighted by Gasteiger charge is 2.55. The standard InChI is InChI=1S/C25H21BrF7N3O4/c26-11-7-15(23(34-10-11)40-6-5-37)21(38)36-20-14-3-2-13(16(14)9-24(28,29)30)19(20)22(39)35-12-1-4-18(27)17(8-12)25(31,32)33/h1,4,7-10,13-14,19-20,37H,2-3,5-6H2,(H,35,39)(H,36,38)/b16-9-/t13?,14?,19-,20+/m0/s1. The van der Waals surface area contributed by atoms with Crippen LogP contribution in [0.15, 0.2) is 46.6 Å². The van der Waals surface area contributed by atoms with Gasteiger partial charge >= 0.3 is 12.4 Å². The van der Waals surface area contributed by atoms with Gasteiger partial charge in [-0.15, -0.1) is 0 Å². The van der Waals surface area contributed by atoms with E-state index in [1.165, 1.54) is 12.3 Å². The zero-order valence-corrected chi connectivity index (χ0v) is 21.8. The average Bonchev–Trinajstić information content (AvgIpc) is 3.36. The molecule has 216 valence electrons. The number of carbonyl (C=O) groups is 2. The second-order valence-corrected chi connectivity index (χ2v) is 10.2. The minimum atomic E-state index is -5.05. The van der Waals surface area contributed by atoms with Crippen LogP contribution < -0.4 is 15.4 Å². The van der Waals surface area contributed by atoms with Gasteiger partial charge in [-0.2, -0.15) is 26.3 Å². The summed E-state index contributed by atoms with van der Waals surface area (Å²) in [5.41, 5.74) is -2.27. The molecule has 2 amide bonds. The van der Waals surface area contributed by atoms with Gasteiger partial charge in [0.1, 0.15) is 18.0 Å². The number of aliphatic hydroxyl groups excluding tert-OH is 1. The molecule has 4 rings (SSSR count). The van der Waals surface area contributed by atoms with Gasteiger partial charge < -0.3 is 20.5 Å². The van der Waals surface area contributed by atoms with Crippen LogP contribution in [0.4, 0.5) is 36.4 Å². The first-order chi connectivity index (χ1) is 18.7. The van der Waals surface area contributed by atoms with Crippen molar-refractivity contribution in [3.63, 3.8) is 0 Å². The topological polar surface area (TPSA) is 101 Å². The molecule has 2 aliphatic rings. The molecule has 2 saturated carbocycles. The normalized spacial score (nSPS) is 23.4. The number of alkyl halides is 6. The SMILES string of the molecule is O=C(N[C@@H]1C2CCC(/C2=C/C(F)(F)F)[C@@H]1C(=O)Nc1ccc(F)c(C(F)(F)F)c1)c1cc(Br)cnc1OCCO. The van der Waals surface area contributed by atoms with E-state index < -0.39 is 71.6 Å². The van der Waals surface area contributed by atoms with Gasteiger partial charge in [-0.05, 0) is 59.0 Å². The molecule has 2 bridgehead atoms. The van der Waals surface area contributed by atoms with E-state index >= 15 is 0 Å². The van der Waals surface area contributed by atoms with Crippen molar-refractivity contribution in [2.45, 2.75) is 31.2 Å². The third kappa shape index (κ3) is 6.40. The zero-order valence-electron chi connectivity index (χ0n) is 20.2. The fourth-order valence-corrected chi connectivity index (χ4v) is 5.63. The average molecular weight is 640 g/mol. The minimum absolute atomic E-state index is 0.0951. The molecule has 2 aromatic rings. The number of benzene rings is 1. The van der Waals surface area contributed by atoms with Crippen molar-refractivity contribution in [1.29, 1.82) is 0 Å². The molecule has 0 spiro atoms. The Hall–Kier alpha value is -3.20. The van der Waals surface area contributed by atoms with E-state index in [1.807, 2.05) is 0 Å². The number of pyridine rings is 1. The number of amides is 2. The van der Waals surface area contributed by atoms with Gasteiger partial charge in [0.05, 0.1) is 18.1 Å². The number of allylic oxidation sites excluding steroid dienone is 1. The predicted molar refractivity (Wildman–Crippen MR) is 130 cm³/mol. The lowest BCUT2D eigenvalue weighted by Gasteiger charge is -2.30. The third-order valence-corrected chi connectivity index (χ3v) is 7.20. The molecule has 1 aromatic carbocycles. The van der Waals surface area contributed by atoms with Crippen molar-refractivity contribution in [1.82, 2.24) is 10.3 Å².